The van der Waals surface area contributed by atoms with E-state index in [1.54, 1.807) is 13.0 Å². The molecule has 156 valence electrons. The highest BCUT2D eigenvalue weighted by Crippen LogP contribution is 2.42. The van der Waals surface area contributed by atoms with Crippen LogP contribution in [0, 0.1) is 18.8 Å². The van der Waals surface area contributed by atoms with Gasteiger partial charge in [0.05, 0.1) is 22.1 Å². The molecule has 5 N–H and O–H groups in total. The summed E-state index contributed by atoms with van der Waals surface area (Å²) < 4.78 is 1.02. The van der Waals surface area contributed by atoms with E-state index in [0.717, 1.165) is 34.2 Å². The summed E-state index contributed by atoms with van der Waals surface area (Å²) in [6, 6.07) is 7.76. The molecule has 2 heterocycles. The fraction of sp³-hybridized carbons (Fsp3) is 0.364. The largest absolute Gasteiger partial charge is 0.383 e. The maximum atomic E-state index is 13.2. The minimum atomic E-state index is -0.607. The number of carbonyl (C=O) groups excluding carboxylic acids is 2. The molecule has 0 radical (unpaired) electrons. The second-order valence-corrected chi connectivity index (χ2v) is 9.22. The molecular formula is C22H25N5O2S. The average Bonchev–Trinajstić information content (AvgIpc) is 3.09. The van der Waals surface area contributed by atoms with Crippen molar-refractivity contribution in [3.63, 3.8) is 0 Å². The summed E-state index contributed by atoms with van der Waals surface area (Å²) >= 11 is 1.44. The molecule has 4 rings (SSSR count). The van der Waals surface area contributed by atoms with Crippen molar-refractivity contribution in [2.24, 2.45) is 11.8 Å². The van der Waals surface area contributed by atoms with E-state index >= 15 is 0 Å². The van der Waals surface area contributed by atoms with Crippen LogP contribution in [-0.4, -0.2) is 21.7 Å². The number of nitrogens with one attached hydrogen (secondary N) is 1. The number of benzene rings is 1. The molecule has 1 saturated carbocycles. The number of nitrogens with zero attached hydrogens (tertiary/aromatic N) is 2. The molecule has 8 heteroatoms. The molecule has 2 aromatic heterocycles. The molecule has 30 heavy (non-hydrogen) atoms. The van der Waals surface area contributed by atoms with Gasteiger partial charge in [-0.2, -0.15) is 0 Å². The third-order valence-corrected chi connectivity index (χ3v) is 6.77. The second kappa shape index (κ2) is 8.02. The van der Waals surface area contributed by atoms with E-state index in [2.05, 4.69) is 22.2 Å². The molecule has 3 aromatic rings. The van der Waals surface area contributed by atoms with Gasteiger partial charge in [0.1, 0.15) is 5.82 Å². The second-order valence-electron chi connectivity index (χ2n) is 8.15. The van der Waals surface area contributed by atoms with Crippen molar-refractivity contribution in [1.82, 2.24) is 9.97 Å². The van der Waals surface area contributed by atoms with Crippen LogP contribution in [0.25, 0.3) is 10.2 Å². The number of rotatable bonds is 4. The Morgan fingerprint density at radius 2 is 2.00 bits per heavy atom. The van der Waals surface area contributed by atoms with Gasteiger partial charge in [-0.25, -0.2) is 9.97 Å². The molecule has 1 unspecified atom stereocenters. The molecule has 1 aromatic carbocycles. The highest BCUT2D eigenvalue weighted by atomic mass is 32.1. The lowest BCUT2D eigenvalue weighted by atomic mass is 9.70. The number of Topliss-reactive ketones (excluding diaryl/α,β-unsaturated/α-hetero) is 1. The first-order valence-electron chi connectivity index (χ1n) is 10.0. The number of hydrogen-bond donors (Lipinski definition) is 3. The van der Waals surface area contributed by atoms with Crippen molar-refractivity contribution >= 4 is 49.9 Å². The van der Waals surface area contributed by atoms with Crippen LogP contribution in [0.4, 0.5) is 16.6 Å². The molecule has 1 fully saturated rings. The van der Waals surface area contributed by atoms with Crippen LogP contribution in [0.15, 0.2) is 30.5 Å². The lowest BCUT2D eigenvalue weighted by Gasteiger charge is -2.34. The Labute approximate surface area is 178 Å². The maximum Gasteiger partial charge on any atom is 0.292 e. The normalized spacial score (nSPS) is 21.5. The van der Waals surface area contributed by atoms with E-state index in [1.807, 2.05) is 18.2 Å². The molecule has 0 aliphatic heterocycles. The first kappa shape index (κ1) is 20.3. The summed E-state index contributed by atoms with van der Waals surface area (Å²) in [5.41, 5.74) is 14.7. The Balaban J connectivity index is 1.58. The van der Waals surface area contributed by atoms with Crippen LogP contribution < -0.4 is 16.8 Å². The van der Waals surface area contributed by atoms with Crippen LogP contribution in [-0.2, 0) is 9.59 Å². The Morgan fingerprint density at radius 1 is 1.20 bits per heavy atom. The molecule has 7 nitrogen and oxygen atoms in total. The molecule has 0 bridgehead atoms. The fourth-order valence-corrected chi connectivity index (χ4v) is 4.99. The van der Waals surface area contributed by atoms with Crippen LogP contribution in [0.3, 0.4) is 0 Å². The van der Waals surface area contributed by atoms with E-state index in [4.69, 9.17) is 11.5 Å². The highest BCUT2D eigenvalue weighted by Gasteiger charge is 2.37. The first-order chi connectivity index (χ1) is 14.3. The molecular weight excluding hydrogens is 398 g/mol. The number of amides is 1. The van der Waals surface area contributed by atoms with E-state index in [1.165, 1.54) is 17.5 Å². The Hall–Kier alpha value is -3.00. The molecule has 1 aliphatic rings. The van der Waals surface area contributed by atoms with E-state index < -0.39 is 5.91 Å². The number of hydrogen-bond acceptors (Lipinski definition) is 7. The third kappa shape index (κ3) is 4.00. The Morgan fingerprint density at radius 3 is 2.77 bits per heavy atom. The van der Waals surface area contributed by atoms with E-state index in [0.29, 0.717) is 29.0 Å². The zero-order chi connectivity index (χ0) is 21.4. The van der Waals surface area contributed by atoms with Crippen molar-refractivity contribution < 1.29 is 9.59 Å². The number of thiazole rings is 1. The number of aromatic nitrogens is 2. The topological polar surface area (TPSA) is 124 Å². The number of aryl methyl sites for hydroxylation is 1. The summed E-state index contributed by atoms with van der Waals surface area (Å²) in [5.74, 6) is -0.591. The first-order valence-corrected chi connectivity index (χ1v) is 10.9. The zero-order valence-corrected chi connectivity index (χ0v) is 17.8. The van der Waals surface area contributed by atoms with Gasteiger partial charge in [0.25, 0.3) is 5.91 Å². The van der Waals surface area contributed by atoms with Gasteiger partial charge >= 0.3 is 0 Å². The number of pyridine rings is 1. The van der Waals surface area contributed by atoms with E-state index in [-0.39, 0.29) is 17.6 Å². The fourth-order valence-electron chi connectivity index (χ4n) is 4.28. The summed E-state index contributed by atoms with van der Waals surface area (Å²) in [4.78, 5) is 34.3. The smallest absolute Gasteiger partial charge is 0.292 e. The van der Waals surface area contributed by atoms with Gasteiger partial charge in [-0.05, 0) is 60.9 Å². The number of nitrogen functional groups attached to an aromatic ring is 2. The standard InChI is InChI=1S/C22H25N5O2S/c1-11-3-5-15(13-4-6-18-17(9-13)27-22(24)30-18)16(7-11)19(28)21(29)26-14-8-12(2)20(23)25-10-14/h4,6,8-11,15-16H,3,5,7H2,1-2H3,(H2,23,25)(H2,24,27)(H,26,29)/t11-,15+,16?/m1/s1. The minimum absolute atomic E-state index is 0.0157. The Bertz CT molecular complexity index is 1130. The lowest BCUT2D eigenvalue weighted by Crippen LogP contribution is -2.36. The number of anilines is 3. The van der Waals surface area contributed by atoms with Crippen molar-refractivity contribution in [2.75, 3.05) is 16.8 Å². The van der Waals surface area contributed by atoms with Crippen molar-refractivity contribution in [3.05, 3.63) is 41.6 Å². The van der Waals surface area contributed by atoms with Crippen LogP contribution in [0.1, 0.15) is 43.2 Å². The monoisotopic (exact) mass is 423 g/mol. The van der Waals surface area contributed by atoms with Gasteiger partial charge in [-0.3, -0.25) is 9.59 Å². The van der Waals surface area contributed by atoms with Gasteiger partial charge in [0.2, 0.25) is 5.78 Å². The van der Waals surface area contributed by atoms with Gasteiger partial charge < -0.3 is 16.8 Å². The van der Waals surface area contributed by atoms with Gasteiger partial charge in [0, 0.05) is 5.92 Å². The van der Waals surface area contributed by atoms with Crippen molar-refractivity contribution in [3.8, 4) is 0 Å². The summed E-state index contributed by atoms with van der Waals surface area (Å²) in [7, 11) is 0. The van der Waals surface area contributed by atoms with Gasteiger partial charge in [-0.1, -0.05) is 30.7 Å². The number of ketones is 1. The zero-order valence-electron chi connectivity index (χ0n) is 17.0. The summed E-state index contributed by atoms with van der Waals surface area (Å²) in [6.45, 7) is 3.94. The predicted molar refractivity (Wildman–Crippen MR) is 120 cm³/mol. The van der Waals surface area contributed by atoms with Gasteiger partial charge in [0.15, 0.2) is 5.13 Å². The number of carbonyl (C=O) groups is 2. The van der Waals surface area contributed by atoms with Gasteiger partial charge in [-0.15, -0.1) is 0 Å². The molecule has 1 aliphatic carbocycles. The van der Waals surface area contributed by atoms with Crippen LogP contribution in [0.5, 0.6) is 0 Å². The number of fused-ring (bicyclic) bond motifs is 1. The summed E-state index contributed by atoms with van der Waals surface area (Å²) in [5, 5.41) is 3.22. The highest BCUT2D eigenvalue weighted by molar-refractivity contribution is 7.22. The maximum absolute atomic E-state index is 13.2. The SMILES string of the molecule is Cc1cc(NC(=O)C(=O)C2C[C@H](C)CC[C@H]2c2ccc3sc(N)nc3c2)cnc1N. The predicted octanol–water partition coefficient (Wildman–Crippen LogP) is 3.89. The van der Waals surface area contributed by atoms with E-state index in [9.17, 15) is 9.59 Å². The molecule has 0 spiro atoms. The third-order valence-electron chi connectivity index (χ3n) is 5.91. The Kier molecular flexibility index (Phi) is 5.42. The van der Waals surface area contributed by atoms with Crippen LogP contribution in [0.2, 0.25) is 0 Å². The molecule has 0 saturated heterocycles. The minimum Gasteiger partial charge on any atom is -0.383 e. The number of nitrogens with two attached hydrogens (primary N) is 2. The summed E-state index contributed by atoms with van der Waals surface area (Å²) in [6.07, 6.45) is 4.04. The molecule has 3 atom stereocenters. The quantitative estimate of drug-likeness (QED) is 0.547. The average molecular weight is 424 g/mol. The van der Waals surface area contributed by atoms with Crippen LogP contribution >= 0.6 is 11.3 Å². The van der Waals surface area contributed by atoms with Crippen molar-refractivity contribution in [1.29, 1.82) is 0 Å². The lowest BCUT2D eigenvalue weighted by molar-refractivity contribution is -0.138. The van der Waals surface area contributed by atoms with Crippen molar-refractivity contribution in [2.45, 2.75) is 39.0 Å². The molecule has 1 amide bonds.